The summed E-state index contributed by atoms with van der Waals surface area (Å²) in [5.41, 5.74) is 0. The quantitative estimate of drug-likeness (QED) is 0.602. The highest BCUT2D eigenvalue weighted by Gasteiger charge is 2.16. The summed E-state index contributed by atoms with van der Waals surface area (Å²) < 4.78 is 0. The summed E-state index contributed by atoms with van der Waals surface area (Å²) in [4.78, 5) is 0. The van der Waals surface area contributed by atoms with Crippen molar-refractivity contribution in [1.29, 1.82) is 0 Å². The van der Waals surface area contributed by atoms with E-state index in [-0.39, 0.29) is 0 Å². The molecule has 60 valence electrons. The summed E-state index contributed by atoms with van der Waals surface area (Å²) in [5, 5.41) is 12.1. The smallest absolute Gasteiger partial charge is 0.0445 e. The Labute approximate surface area is 62.6 Å². The number of hydrogen-bond acceptors (Lipinski definition) is 2. The fraction of sp³-hybridized carbons (Fsp3) is 1.00. The fourth-order valence-corrected chi connectivity index (χ4v) is 1.62. The molecule has 2 N–H and O–H groups in total. The van der Waals surface area contributed by atoms with Gasteiger partial charge in [-0.05, 0) is 26.2 Å². The molecule has 10 heavy (non-hydrogen) atoms. The van der Waals surface area contributed by atoms with Crippen molar-refractivity contribution in [2.45, 2.75) is 44.7 Å². The highest BCUT2D eigenvalue weighted by molar-refractivity contribution is 4.76. The largest absolute Gasteiger partial charge is 0.396 e. The normalized spacial score (nSPS) is 34.2. The molecular weight excluding hydrogens is 126 g/mol. The van der Waals surface area contributed by atoms with Crippen LogP contribution < -0.4 is 5.32 Å². The predicted octanol–water partition coefficient (Wildman–Crippen LogP) is 0.899. The van der Waals surface area contributed by atoms with E-state index in [2.05, 4.69) is 12.2 Å². The van der Waals surface area contributed by atoms with Gasteiger partial charge in [0.15, 0.2) is 0 Å². The minimum absolute atomic E-state index is 0.324. The molecule has 2 nitrogen and oxygen atoms in total. The van der Waals surface area contributed by atoms with E-state index in [0.717, 1.165) is 6.42 Å². The van der Waals surface area contributed by atoms with E-state index in [0.29, 0.717) is 18.7 Å². The van der Waals surface area contributed by atoms with Crippen molar-refractivity contribution in [3.05, 3.63) is 0 Å². The van der Waals surface area contributed by atoms with Gasteiger partial charge in [0, 0.05) is 18.7 Å². The minimum atomic E-state index is 0.324. The Morgan fingerprint density at radius 2 is 2.30 bits per heavy atom. The van der Waals surface area contributed by atoms with Crippen molar-refractivity contribution in [3.63, 3.8) is 0 Å². The molecule has 2 atom stereocenters. The minimum Gasteiger partial charge on any atom is -0.396 e. The molecule has 0 aromatic heterocycles. The summed E-state index contributed by atoms with van der Waals surface area (Å²) in [6.07, 6.45) is 4.77. The number of nitrogens with one attached hydrogen (secondary N) is 1. The van der Waals surface area contributed by atoms with E-state index in [9.17, 15) is 0 Å². The van der Waals surface area contributed by atoms with E-state index in [1.165, 1.54) is 19.3 Å². The van der Waals surface area contributed by atoms with E-state index in [4.69, 9.17) is 5.11 Å². The van der Waals surface area contributed by atoms with Gasteiger partial charge in [-0.25, -0.2) is 0 Å². The standard InChI is InChI=1S/C8H17NO/c1-7-3-2-4-8(9-7)5-6-10/h7-10H,2-6H2,1H3/t7-,8+/m0/s1. The van der Waals surface area contributed by atoms with Crippen molar-refractivity contribution in [1.82, 2.24) is 5.32 Å². The lowest BCUT2D eigenvalue weighted by Gasteiger charge is -2.28. The second kappa shape index (κ2) is 3.94. The van der Waals surface area contributed by atoms with Gasteiger partial charge in [-0.2, -0.15) is 0 Å². The summed E-state index contributed by atoms with van der Waals surface area (Å²) in [6.45, 7) is 2.54. The molecule has 1 saturated heterocycles. The van der Waals surface area contributed by atoms with Crippen LogP contribution in [0.1, 0.15) is 32.6 Å². The summed E-state index contributed by atoms with van der Waals surface area (Å²) in [5.74, 6) is 0. The second-order valence-corrected chi connectivity index (χ2v) is 3.21. The van der Waals surface area contributed by atoms with Crippen LogP contribution in [0.3, 0.4) is 0 Å². The lowest BCUT2D eigenvalue weighted by atomic mass is 9.98. The SMILES string of the molecule is C[C@H]1CCC[C@H](CCO)N1. The number of piperidine rings is 1. The van der Waals surface area contributed by atoms with Gasteiger partial charge in [0.25, 0.3) is 0 Å². The third-order valence-electron chi connectivity index (χ3n) is 2.19. The molecule has 1 aliphatic heterocycles. The van der Waals surface area contributed by atoms with Crippen LogP contribution in [0.5, 0.6) is 0 Å². The Morgan fingerprint density at radius 3 is 2.90 bits per heavy atom. The molecule has 1 heterocycles. The lowest BCUT2D eigenvalue weighted by molar-refractivity contribution is 0.235. The van der Waals surface area contributed by atoms with Crippen LogP contribution in [0.15, 0.2) is 0 Å². The van der Waals surface area contributed by atoms with Gasteiger partial charge >= 0.3 is 0 Å². The maximum absolute atomic E-state index is 8.66. The number of rotatable bonds is 2. The molecule has 0 aromatic carbocycles. The Morgan fingerprint density at radius 1 is 1.50 bits per heavy atom. The van der Waals surface area contributed by atoms with Gasteiger partial charge in [-0.15, -0.1) is 0 Å². The topological polar surface area (TPSA) is 32.3 Å². The van der Waals surface area contributed by atoms with Crippen LogP contribution in [0.25, 0.3) is 0 Å². The zero-order valence-corrected chi connectivity index (χ0v) is 6.64. The molecule has 0 radical (unpaired) electrons. The van der Waals surface area contributed by atoms with Crippen LogP contribution in [0, 0.1) is 0 Å². The first-order chi connectivity index (χ1) is 4.83. The Balaban J connectivity index is 2.18. The van der Waals surface area contributed by atoms with Crippen molar-refractivity contribution in [2.75, 3.05) is 6.61 Å². The maximum Gasteiger partial charge on any atom is 0.0445 e. The second-order valence-electron chi connectivity index (χ2n) is 3.21. The number of hydrogen-bond donors (Lipinski definition) is 2. The fourth-order valence-electron chi connectivity index (χ4n) is 1.62. The molecule has 1 rings (SSSR count). The van der Waals surface area contributed by atoms with Crippen molar-refractivity contribution < 1.29 is 5.11 Å². The Hall–Kier alpha value is -0.0800. The highest BCUT2D eigenvalue weighted by atomic mass is 16.3. The van der Waals surface area contributed by atoms with Gasteiger partial charge in [-0.3, -0.25) is 0 Å². The van der Waals surface area contributed by atoms with E-state index in [1.54, 1.807) is 0 Å². The molecule has 0 aromatic rings. The zero-order chi connectivity index (χ0) is 7.40. The van der Waals surface area contributed by atoms with Crippen LogP contribution in [-0.2, 0) is 0 Å². The monoisotopic (exact) mass is 143 g/mol. The molecule has 0 unspecified atom stereocenters. The average Bonchev–Trinajstić information content (AvgIpc) is 1.88. The summed E-state index contributed by atoms with van der Waals surface area (Å²) in [6, 6.07) is 1.24. The molecular formula is C8H17NO. The molecule has 0 amide bonds. The van der Waals surface area contributed by atoms with Crippen molar-refractivity contribution in [3.8, 4) is 0 Å². The van der Waals surface area contributed by atoms with Gasteiger partial charge < -0.3 is 10.4 Å². The highest BCUT2D eigenvalue weighted by Crippen LogP contribution is 2.13. The molecule has 2 heteroatoms. The van der Waals surface area contributed by atoms with Crippen LogP contribution >= 0.6 is 0 Å². The van der Waals surface area contributed by atoms with Crippen LogP contribution in [0.4, 0.5) is 0 Å². The Bertz CT molecular complexity index is 93.3. The maximum atomic E-state index is 8.66. The van der Waals surface area contributed by atoms with Crippen LogP contribution in [0.2, 0.25) is 0 Å². The molecule has 1 fully saturated rings. The van der Waals surface area contributed by atoms with Crippen molar-refractivity contribution >= 4 is 0 Å². The molecule has 0 bridgehead atoms. The summed E-state index contributed by atoms with van der Waals surface area (Å²) >= 11 is 0. The first-order valence-electron chi connectivity index (χ1n) is 4.20. The third-order valence-corrected chi connectivity index (χ3v) is 2.19. The lowest BCUT2D eigenvalue weighted by Crippen LogP contribution is -2.40. The third kappa shape index (κ3) is 2.27. The first-order valence-corrected chi connectivity index (χ1v) is 4.20. The summed E-state index contributed by atoms with van der Waals surface area (Å²) in [7, 11) is 0. The van der Waals surface area contributed by atoms with E-state index >= 15 is 0 Å². The zero-order valence-electron chi connectivity index (χ0n) is 6.64. The molecule has 0 saturated carbocycles. The van der Waals surface area contributed by atoms with Crippen LogP contribution in [-0.4, -0.2) is 23.8 Å². The van der Waals surface area contributed by atoms with E-state index in [1.807, 2.05) is 0 Å². The number of aliphatic hydroxyl groups is 1. The van der Waals surface area contributed by atoms with Gasteiger partial charge in [0.1, 0.15) is 0 Å². The first kappa shape index (κ1) is 8.02. The van der Waals surface area contributed by atoms with Crippen molar-refractivity contribution in [2.24, 2.45) is 0 Å². The average molecular weight is 143 g/mol. The van der Waals surface area contributed by atoms with E-state index < -0.39 is 0 Å². The number of aliphatic hydroxyl groups excluding tert-OH is 1. The molecule has 1 aliphatic rings. The molecule has 0 spiro atoms. The van der Waals surface area contributed by atoms with Gasteiger partial charge in [0.2, 0.25) is 0 Å². The Kier molecular flexibility index (Phi) is 3.16. The van der Waals surface area contributed by atoms with Gasteiger partial charge in [0.05, 0.1) is 0 Å². The van der Waals surface area contributed by atoms with Gasteiger partial charge in [-0.1, -0.05) is 6.42 Å². The molecule has 0 aliphatic carbocycles. The predicted molar refractivity (Wildman–Crippen MR) is 41.9 cm³/mol.